The van der Waals surface area contributed by atoms with Gasteiger partial charge in [0.2, 0.25) is 0 Å². The number of nitrogens with one attached hydrogen (secondary N) is 1. The molecule has 0 spiro atoms. The van der Waals surface area contributed by atoms with E-state index in [0.717, 1.165) is 28.8 Å². The molecule has 0 bridgehead atoms. The van der Waals surface area contributed by atoms with Gasteiger partial charge in [-0.15, -0.1) is 0 Å². The molecule has 2 aliphatic heterocycles. The monoisotopic (exact) mass is 311 g/mol. The first-order valence-corrected chi connectivity index (χ1v) is 7.37. The molecule has 3 rings (SSSR count). The number of hydrogen-bond acceptors (Lipinski definition) is 3. The van der Waals surface area contributed by atoms with E-state index >= 15 is 0 Å². The summed E-state index contributed by atoms with van der Waals surface area (Å²) in [5, 5.41) is 3.59. The lowest BCUT2D eigenvalue weighted by Crippen LogP contribution is -2.35. The van der Waals surface area contributed by atoms with Crippen LogP contribution in [-0.2, 0) is 17.8 Å². The van der Waals surface area contributed by atoms with Crippen LogP contribution in [0.4, 0.5) is 0 Å². The largest absolute Gasteiger partial charge is 0.467 e. The van der Waals surface area contributed by atoms with Crippen molar-refractivity contribution in [1.29, 1.82) is 0 Å². The van der Waals surface area contributed by atoms with Gasteiger partial charge in [-0.05, 0) is 43.5 Å². The predicted molar refractivity (Wildman–Crippen MR) is 73.8 cm³/mol. The second kappa shape index (κ2) is 5.59. The number of fused-ring (bicyclic) bond motifs is 1. The van der Waals surface area contributed by atoms with E-state index in [1.165, 1.54) is 24.8 Å². The Morgan fingerprint density at radius 1 is 1.33 bits per heavy atom. The van der Waals surface area contributed by atoms with Gasteiger partial charge in [-0.3, -0.25) is 0 Å². The minimum atomic E-state index is 0.375. The zero-order valence-corrected chi connectivity index (χ0v) is 12.0. The highest BCUT2D eigenvalue weighted by atomic mass is 79.9. The van der Waals surface area contributed by atoms with E-state index in [1.807, 2.05) is 0 Å². The molecule has 0 radical (unpaired) electrons. The van der Waals surface area contributed by atoms with E-state index in [1.54, 1.807) is 0 Å². The first-order chi connectivity index (χ1) is 8.83. The highest BCUT2D eigenvalue weighted by Crippen LogP contribution is 2.33. The number of halogens is 1. The molecule has 1 atom stereocenters. The molecule has 1 fully saturated rings. The van der Waals surface area contributed by atoms with Crippen molar-refractivity contribution in [3.05, 3.63) is 27.7 Å². The Labute approximate surface area is 116 Å². The van der Waals surface area contributed by atoms with Crippen LogP contribution in [0.3, 0.4) is 0 Å². The van der Waals surface area contributed by atoms with Gasteiger partial charge in [-0.2, -0.15) is 0 Å². The molecule has 4 heteroatoms. The molecule has 98 valence electrons. The zero-order valence-electron chi connectivity index (χ0n) is 10.4. The Bertz CT molecular complexity index is 430. The van der Waals surface area contributed by atoms with Crippen molar-refractivity contribution in [3.8, 4) is 5.75 Å². The molecule has 0 aromatic heterocycles. The van der Waals surface area contributed by atoms with Gasteiger partial charge >= 0.3 is 0 Å². The van der Waals surface area contributed by atoms with Crippen molar-refractivity contribution in [2.75, 3.05) is 13.3 Å². The molecule has 0 amide bonds. The summed E-state index contributed by atoms with van der Waals surface area (Å²) in [5.41, 5.74) is 2.45. The highest BCUT2D eigenvalue weighted by molar-refractivity contribution is 9.10. The molecular formula is C14H18BrNO2. The second-order valence-electron chi connectivity index (χ2n) is 5.01. The van der Waals surface area contributed by atoms with Gasteiger partial charge in [0.05, 0.1) is 6.61 Å². The standard InChI is InChI=1S/C14H18BrNO2/c15-12-5-10(7-13-3-1-2-4-16-13)14-11(6-12)8-17-9-18-14/h5-6,13,16H,1-4,7-9H2. The van der Waals surface area contributed by atoms with Gasteiger partial charge in [0.1, 0.15) is 5.75 Å². The third-order valence-electron chi connectivity index (χ3n) is 3.63. The van der Waals surface area contributed by atoms with Crippen molar-refractivity contribution in [1.82, 2.24) is 5.32 Å². The maximum absolute atomic E-state index is 5.68. The zero-order chi connectivity index (χ0) is 12.4. The summed E-state index contributed by atoms with van der Waals surface area (Å²) in [6.07, 6.45) is 4.94. The Morgan fingerprint density at radius 2 is 2.28 bits per heavy atom. The van der Waals surface area contributed by atoms with Crippen molar-refractivity contribution < 1.29 is 9.47 Å². The number of benzene rings is 1. The molecule has 18 heavy (non-hydrogen) atoms. The second-order valence-corrected chi connectivity index (χ2v) is 5.93. The van der Waals surface area contributed by atoms with Gasteiger partial charge < -0.3 is 14.8 Å². The fraction of sp³-hybridized carbons (Fsp3) is 0.571. The Hall–Kier alpha value is -0.580. The van der Waals surface area contributed by atoms with E-state index < -0.39 is 0 Å². The van der Waals surface area contributed by atoms with Crippen LogP contribution in [0.15, 0.2) is 16.6 Å². The maximum Gasteiger partial charge on any atom is 0.189 e. The molecule has 1 aromatic rings. The summed E-state index contributed by atoms with van der Waals surface area (Å²) in [6.45, 7) is 2.17. The molecule has 1 N–H and O–H groups in total. The summed E-state index contributed by atoms with van der Waals surface area (Å²) in [5.74, 6) is 1.04. The van der Waals surface area contributed by atoms with Crippen molar-refractivity contribution >= 4 is 15.9 Å². The molecule has 1 saturated heterocycles. The van der Waals surface area contributed by atoms with Gasteiger partial charge in [-0.25, -0.2) is 0 Å². The van der Waals surface area contributed by atoms with Gasteiger partial charge in [0, 0.05) is 16.1 Å². The number of piperidine rings is 1. The van der Waals surface area contributed by atoms with Crippen molar-refractivity contribution in [3.63, 3.8) is 0 Å². The summed E-state index contributed by atoms with van der Waals surface area (Å²) in [4.78, 5) is 0. The van der Waals surface area contributed by atoms with E-state index in [4.69, 9.17) is 9.47 Å². The fourth-order valence-electron chi connectivity index (χ4n) is 2.77. The van der Waals surface area contributed by atoms with Crippen LogP contribution in [0.2, 0.25) is 0 Å². The Balaban J connectivity index is 1.83. The summed E-state index contributed by atoms with van der Waals surface area (Å²) >= 11 is 3.57. The highest BCUT2D eigenvalue weighted by Gasteiger charge is 2.20. The molecule has 3 nitrogen and oxygen atoms in total. The summed E-state index contributed by atoms with van der Waals surface area (Å²) < 4.78 is 12.1. The van der Waals surface area contributed by atoms with E-state index in [0.29, 0.717) is 19.4 Å². The molecule has 1 unspecified atom stereocenters. The number of hydrogen-bond donors (Lipinski definition) is 1. The van der Waals surface area contributed by atoms with E-state index in [2.05, 4.69) is 33.4 Å². The topological polar surface area (TPSA) is 30.5 Å². The van der Waals surface area contributed by atoms with Crippen molar-refractivity contribution in [2.24, 2.45) is 0 Å². The van der Waals surface area contributed by atoms with E-state index in [-0.39, 0.29) is 0 Å². The first kappa shape index (κ1) is 12.5. The minimum absolute atomic E-state index is 0.375. The first-order valence-electron chi connectivity index (χ1n) is 6.58. The van der Waals surface area contributed by atoms with Crippen LogP contribution in [0.1, 0.15) is 30.4 Å². The van der Waals surface area contributed by atoms with Crippen LogP contribution in [-0.4, -0.2) is 19.4 Å². The molecule has 0 aliphatic carbocycles. The van der Waals surface area contributed by atoms with Crippen LogP contribution in [0.25, 0.3) is 0 Å². The SMILES string of the molecule is Brc1cc2c(c(CC3CCCCN3)c1)OCOC2. The van der Waals surface area contributed by atoms with Gasteiger partial charge in [0.15, 0.2) is 6.79 Å². The maximum atomic E-state index is 5.68. The van der Waals surface area contributed by atoms with Gasteiger partial charge in [0.25, 0.3) is 0 Å². The average Bonchev–Trinajstić information content (AvgIpc) is 2.40. The lowest BCUT2D eigenvalue weighted by Gasteiger charge is -2.26. The molecule has 0 saturated carbocycles. The molecule has 2 aliphatic rings. The fourth-order valence-corrected chi connectivity index (χ4v) is 3.32. The van der Waals surface area contributed by atoms with Crippen LogP contribution >= 0.6 is 15.9 Å². The average molecular weight is 312 g/mol. The lowest BCUT2D eigenvalue weighted by atomic mass is 9.96. The normalized spacial score (nSPS) is 23.3. The number of ether oxygens (including phenoxy) is 2. The van der Waals surface area contributed by atoms with Gasteiger partial charge in [-0.1, -0.05) is 22.4 Å². The molecule has 2 heterocycles. The van der Waals surface area contributed by atoms with Crippen LogP contribution < -0.4 is 10.1 Å². The minimum Gasteiger partial charge on any atom is -0.467 e. The van der Waals surface area contributed by atoms with E-state index in [9.17, 15) is 0 Å². The quantitative estimate of drug-likeness (QED) is 0.911. The third-order valence-corrected chi connectivity index (χ3v) is 4.09. The molecule has 1 aromatic carbocycles. The smallest absolute Gasteiger partial charge is 0.189 e. The predicted octanol–water partition coefficient (Wildman–Crippen LogP) is 3.00. The van der Waals surface area contributed by atoms with Crippen LogP contribution in [0, 0.1) is 0 Å². The van der Waals surface area contributed by atoms with Crippen molar-refractivity contribution in [2.45, 2.75) is 38.3 Å². The summed E-state index contributed by atoms with van der Waals surface area (Å²) in [6, 6.07) is 4.86. The Kier molecular flexibility index (Phi) is 3.87. The lowest BCUT2D eigenvalue weighted by molar-refractivity contribution is -0.0171. The number of rotatable bonds is 2. The third kappa shape index (κ3) is 2.71. The Morgan fingerprint density at radius 3 is 3.11 bits per heavy atom. The van der Waals surface area contributed by atoms with Crippen LogP contribution in [0.5, 0.6) is 5.75 Å². The molecular weight excluding hydrogens is 294 g/mol. The summed E-state index contributed by atoms with van der Waals surface area (Å²) in [7, 11) is 0.